The maximum atomic E-state index is 11.8. The molecule has 0 saturated heterocycles. The lowest BCUT2D eigenvalue weighted by molar-refractivity contribution is -0.140. The van der Waals surface area contributed by atoms with Gasteiger partial charge in [-0.05, 0) is 40.5 Å². The second-order valence-corrected chi connectivity index (χ2v) is 6.60. The molecule has 0 aliphatic rings. The molecule has 1 aromatic rings. The van der Waals surface area contributed by atoms with E-state index in [1.165, 1.54) is 25.3 Å². The standard InChI is InChI=1S/C12H13BrN2O4S/c1-19-12(16)3-2-6-20(17,18)15-11-5-4-9(8-14)7-10(11)13/h4-5,7,15H,2-3,6H2,1H3. The maximum absolute atomic E-state index is 11.8. The molecule has 0 aliphatic carbocycles. The van der Waals surface area contributed by atoms with Crippen molar-refractivity contribution in [2.45, 2.75) is 12.8 Å². The fourth-order valence-corrected chi connectivity index (χ4v) is 3.14. The average molecular weight is 361 g/mol. The minimum atomic E-state index is -3.55. The van der Waals surface area contributed by atoms with Gasteiger partial charge in [-0.1, -0.05) is 0 Å². The van der Waals surface area contributed by atoms with Gasteiger partial charge >= 0.3 is 5.97 Å². The smallest absolute Gasteiger partial charge is 0.305 e. The lowest BCUT2D eigenvalue weighted by Crippen LogP contribution is -2.18. The van der Waals surface area contributed by atoms with Crippen LogP contribution in [0, 0.1) is 11.3 Å². The molecular formula is C12H13BrN2O4S. The summed E-state index contributed by atoms with van der Waals surface area (Å²) in [7, 11) is -2.30. The molecule has 1 aromatic carbocycles. The largest absolute Gasteiger partial charge is 0.469 e. The Morgan fingerprint density at radius 3 is 2.75 bits per heavy atom. The van der Waals surface area contributed by atoms with Crippen LogP contribution in [0.25, 0.3) is 0 Å². The lowest BCUT2D eigenvalue weighted by atomic mass is 10.2. The van der Waals surface area contributed by atoms with Crippen molar-refractivity contribution in [1.29, 1.82) is 5.26 Å². The number of anilines is 1. The first kappa shape index (κ1) is 16.5. The number of hydrogen-bond donors (Lipinski definition) is 1. The van der Waals surface area contributed by atoms with Crippen LogP contribution in [0.1, 0.15) is 18.4 Å². The Balaban J connectivity index is 2.67. The van der Waals surface area contributed by atoms with Crippen LogP contribution in [0.5, 0.6) is 0 Å². The molecule has 0 aliphatic heterocycles. The first-order valence-electron chi connectivity index (χ1n) is 5.65. The van der Waals surface area contributed by atoms with Crippen molar-refractivity contribution in [3.63, 3.8) is 0 Å². The molecule has 1 rings (SSSR count). The minimum absolute atomic E-state index is 0.0476. The van der Waals surface area contributed by atoms with E-state index in [-0.39, 0.29) is 18.6 Å². The van der Waals surface area contributed by atoms with E-state index < -0.39 is 16.0 Å². The number of halogens is 1. The number of esters is 1. The van der Waals surface area contributed by atoms with Gasteiger partial charge in [-0.3, -0.25) is 9.52 Å². The van der Waals surface area contributed by atoms with Crippen molar-refractivity contribution in [2.24, 2.45) is 0 Å². The Morgan fingerprint density at radius 2 is 2.20 bits per heavy atom. The van der Waals surface area contributed by atoms with E-state index in [4.69, 9.17) is 5.26 Å². The van der Waals surface area contributed by atoms with Crippen molar-refractivity contribution in [2.75, 3.05) is 17.6 Å². The molecule has 8 heteroatoms. The van der Waals surface area contributed by atoms with E-state index in [1.54, 1.807) is 0 Å². The molecule has 0 atom stereocenters. The number of nitrogens with one attached hydrogen (secondary N) is 1. The summed E-state index contributed by atoms with van der Waals surface area (Å²) in [5.41, 5.74) is 0.771. The summed E-state index contributed by atoms with van der Waals surface area (Å²) in [6.07, 6.45) is 0.224. The Kier molecular flexibility index (Phi) is 5.98. The number of carbonyl (C=O) groups excluding carboxylic acids is 1. The van der Waals surface area contributed by atoms with Gasteiger partial charge in [0.15, 0.2) is 0 Å². The van der Waals surface area contributed by atoms with Crippen molar-refractivity contribution in [3.05, 3.63) is 28.2 Å². The van der Waals surface area contributed by atoms with Crippen LogP contribution in [0.15, 0.2) is 22.7 Å². The van der Waals surface area contributed by atoms with Crippen LogP contribution in [0.3, 0.4) is 0 Å². The van der Waals surface area contributed by atoms with E-state index >= 15 is 0 Å². The first-order valence-corrected chi connectivity index (χ1v) is 8.09. The molecule has 1 N–H and O–H groups in total. The predicted octanol–water partition coefficient (Wildman–Crippen LogP) is 2.02. The van der Waals surface area contributed by atoms with Gasteiger partial charge in [0.05, 0.1) is 30.2 Å². The third-order valence-corrected chi connectivity index (χ3v) is 4.40. The van der Waals surface area contributed by atoms with Crippen molar-refractivity contribution >= 4 is 37.6 Å². The van der Waals surface area contributed by atoms with Gasteiger partial charge in [0.1, 0.15) is 0 Å². The van der Waals surface area contributed by atoms with Gasteiger partial charge in [0.2, 0.25) is 10.0 Å². The summed E-state index contributed by atoms with van der Waals surface area (Å²) in [6.45, 7) is 0. The van der Waals surface area contributed by atoms with Gasteiger partial charge in [0.25, 0.3) is 0 Å². The van der Waals surface area contributed by atoms with Crippen LogP contribution in [0.2, 0.25) is 0 Å². The highest BCUT2D eigenvalue weighted by atomic mass is 79.9. The third-order valence-electron chi connectivity index (χ3n) is 2.39. The quantitative estimate of drug-likeness (QED) is 0.782. The number of ether oxygens (including phenoxy) is 1. The number of rotatable bonds is 6. The van der Waals surface area contributed by atoms with E-state index in [2.05, 4.69) is 25.4 Å². The summed E-state index contributed by atoms with van der Waals surface area (Å²) in [5, 5.41) is 8.72. The van der Waals surface area contributed by atoms with Gasteiger partial charge in [-0.15, -0.1) is 0 Å². The number of sulfonamides is 1. The molecule has 0 bridgehead atoms. The highest BCUT2D eigenvalue weighted by Gasteiger charge is 2.13. The molecule has 0 unspecified atom stereocenters. The zero-order chi connectivity index (χ0) is 15.2. The molecule has 0 radical (unpaired) electrons. The highest BCUT2D eigenvalue weighted by Crippen LogP contribution is 2.24. The topological polar surface area (TPSA) is 96.3 Å². The molecule has 0 fully saturated rings. The van der Waals surface area contributed by atoms with Crippen LogP contribution in [0.4, 0.5) is 5.69 Å². The molecule has 0 spiro atoms. The number of benzene rings is 1. The van der Waals surface area contributed by atoms with Gasteiger partial charge < -0.3 is 4.74 Å². The van der Waals surface area contributed by atoms with E-state index in [1.807, 2.05) is 6.07 Å². The predicted molar refractivity (Wildman–Crippen MR) is 77.5 cm³/mol. The number of methoxy groups -OCH3 is 1. The SMILES string of the molecule is COC(=O)CCCS(=O)(=O)Nc1ccc(C#N)cc1Br. The summed E-state index contributed by atoms with van der Waals surface area (Å²) in [6, 6.07) is 6.48. The summed E-state index contributed by atoms with van der Waals surface area (Å²) in [5.74, 6) is -0.631. The number of hydrogen-bond acceptors (Lipinski definition) is 5. The molecule has 0 saturated carbocycles. The Bertz CT molecular complexity index is 637. The number of nitrogens with zero attached hydrogens (tertiary/aromatic N) is 1. The molecule has 108 valence electrons. The summed E-state index contributed by atoms with van der Waals surface area (Å²) < 4.78 is 31.0. The second kappa shape index (κ2) is 7.26. The van der Waals surface area contributed by atoms with E-state index in [0.717, 1.165) is 0 Å². The molecule has 0 aromatic heterocycles. The van der Waals surface area contributed by atoms with Crippen LogP contribution in [-0.4, -0.2) is 27.2 Å². The van der Waals surface area contributed by atoms with Gasteiger partial charge in [-0.25, -0.2) is 8.42 Å². The Morgan fingerprint density at radius 1 is 1.50 bits per heavy atom. The molecule has 0 heterocycles. The summed E-state index contributed by atoms with van der Waals surface area (Å²) >= 11 is 3.19. The second-order valence-electron chi connectivity index (χ2n) is 3.91. The molecular weight excluding hydrogens is 348 g/mol. The summed E-state index contributed by atoms with van der Waals surface area (Å²) in [4.78, 5) is 10.9. The molecule has 0 amide bonds. The third kappa shape index (κ3) is 5.19. The zero-order valence-electron chi connectivity index (χ0n) is 10.7. The van der Waals surface area contributed by atoms with Gasteiger partial charge in [-0.2, -0.15) is 5.26 Å². The normalized spacial score (nSPS) is 10.7. The maximum Gasteiger partial charge on any atom is 0.305 e. The lowest BCUT2D eigenvalue weighted by Gasteiger charge is -2.09. The van der Waals surface area contributed by atoms with E-state index in [9.17, 15) is 13.2 Å². The van der Waals surface area contributed by atoms with Crippen molar-refractivity contribution < 1.29 is 17.9 Å². The molecule has 20 heavy (non-hydrogen) atoms. The first-order chi connectivity index (χ1) is 9.38. The zero-order valence-corrected chi connectivity index (χ0v) is 13.1. The highest BCUT2D eigenvalue weighted by molar-refractivity contribution is 9.10. The average Bonchev–Trinajstić information content (AvgIpc) is 2.40. The van der Waals surface area contributed by atoms with Gasteiger partial charge in [0, 0.05) is 10.9 Å². The van der Waals surface area contributed by atoms with E-state index in [0.29, 0.717) is 15.7 Å². The molecule has 6 nitrogen and oxygen atoms in total. The monoisotopic (exact) mass is 360 g/mol. The van der Waals surface area contributed by atoms with Crippen LogP contribution >= 0.6 is 15.9 Å². The van der Waals surface area contributed by atoms with Crippen molar-refractivity contribution in [1.82, 2.24) is 0 Å². The van der Waals surface area contributed by atoms with Crippen LogP contribution in [-0.2, 0) is 19.6 Å². The minimum Gasteiger partial charge on any atom is -0.469 e. The Labute approximate surface area is 125 Å². The fraction of sp³-hybridized carbons (Fsp3) is 0.333. The Hall–Kier alpha value is -1.59. The van der Waals surface area contributed by atoms with Crippen LogP contribution < -0.4 is 4.72 Å². The van der Waals surface area contributed by atoms with Crippen molar-refractivity contribution in [3.8, 4) is 6.07 Å². The fourth-order valence-electron chi connectivity index (χ4n) is 1.39. The number of nitriles is 1. The number of carbonyl (C=O) groups is 1.